The molecule has 1 fully saturated rings. The first-order chi connectivity index (χ1) is 9.43. The first kappa shape index (κ1) is 14.3. The molecule has 3 heterocycles. The third kappa shape index (κ3) is 2.07. The fourth-order valence-corrected chi connectivity index (χ4v) is 3.31. The summed E-state index contributed by atoms with van der Waals surface area (Å²) in [5.41, 5.74) is 1.58. The highest BCUT2D eigenvalue weighted by Crippen LogP contribution is 2.39. The largest absolute Gasteiger partial charge is 0.376 e. The molecule has 1 saturated heterocycles. The Morgan fingerprint density at radius 1 is 1.60 bits per heavy atom. The Kier molecular flexibility index (Phi) is 3.55. The summed E-state index contributed by atoms with van der Waals surface area (Å²) in [6.45, 7) is 6.99. The number of rotatable bonds is 2. The maximum absolute atomic E-state index is 6.34. The highest BCUT2D eigenvalue weighted by molar-refractivity contribution is 9.10. The van der Waals surface area contributed by atoms with E-state index in [1.165, 1.54) is 0 Å². The van der Waals surface area contributed by atoms with Crippen molar-refractivity contribution in [1.29, 1.82) is 0 Å². The van der Waals surface area contributed by atoms with Crippen molar-refractivity contribution in [2.45, 2.75) is 44.2 Å². The lowest BCUT2D eigenvalue weighted by atomic mass is 9.94. The Labute approximate surface area is 131 Å². The van der Waals surface area contributed by atoms with Gasteiger partial charge in [0, 0.05) is 17.3 Å². The third-order valence-corrected chi connectivity index (χ3v) is 4.84. The summed E-state index contributed by atoms with van der Waals surface area (Å²) in [6, 6.07) is 1.98. The molecule has 0 radical (unpaired) electrons. The topological polar surface area (TPSA) is 39.9 Å². The van der Waals surface area contributed by atoms with Gasteiger partial charge in [0.2, 0.25) is 0 Å². The van der Waals surface area contributed by atoms with Gasteiger partial charge in [-0.2, -0.15) is 0 Å². The summed E-state index contributed by atoms with van der Waals surface area (Å²) in [4.78, 5) is 9.23. The lowest BCUT2D eigenvalue weighted by Gasteiger charge is -2.31. The Morgan fingerprint density at radius 3 is 2.95 bits per heavy atom. The van der Waals surface area contributed by atoms with Crippen molar-refractivity contribution in [2.75, 3.05) is 6.61 Å². The average molecular weight is 359 g/mol. The van der Waals surface area contributed by atoms with Crippen LogP contribution in [0.4, 0.5) is 0 Å². The van der Waals surface area contributed by atoms with Gasteiger partial charge in [-0.05, 0) is 49.2 Å². The minimum absolute atomic E-state index is 0.111. The van der Waals surface area contributed by atoms with Gasteiger partial charge in [-0.25, -0.2) is 9.97 Å². The predicted octanol–water partition coefficient (Wildman–Crippen LogP) is 4.02. The van der Waals surface area contributed by atoms with Gasteiger partial charge in [0.05, 0.1) is 17.0 Å². The number of hydrogen-bond acceptors (Lipinski definition) is 3. The lowest BCUT2D eigenvalue weighted by Crippen LogP contribution is -2.38. The minimum Gasteiger partial charge on any atom is -0.376 e. The number of imidazole rings is 1. The molecular formula is C14H17BrClN3O. The fourth-order valence-electron chi connectivity index (χ4n) is 2.85. The SMILES string of the molecule is CC(Cl)c1nc2cc(Br)cnc2n1C1(C)CCOC1C. The summed E-state index contributed by atoms with van der Waals surface area (Å²) in [5.74, 6) is 0.854. The van der Waals surface area contributed by atoms with Crippen molar-refractivity contribution in [3.05, 3.63) is 22.6 Å². The van der Waals surface area contributed by atoms with Crippen molar-refractivity contribution < 1.29 is 4.74 Å². The molecule has 2 aromatic rings. The molecule has 0 saturated carbocycles. The zero-order valence-corrected chi connectivity index (χ0v) is 14.1. The molecule has 0 spiro atoms. The van der Waals surface area contributed by atoms with E-state index >= 15 is 0 Å². The molecule has 0 bridgehead atoms. The molecule has 1 aliphatic rings. The number of alkyl halides is 1. The Hall–Kier alpha value is -0.650. The molecule has 2 aromatic heterocycles. The lowest BCUT2D eigenvalue weighted by molar-refractivity contribution is 0.0761. The van der Waals surface area contributed by atoms with Crippen LogP contribution in [-0.2, 0) is 10.3 Å². The van der Waals surface area contributed by atoms with E-state index in [4.69, 9.17) is 16.3 Å². The number of ether oxygens (including phenoxy) is 1. The number of pyridine rings is 1. The molecule has 4 nitrogen and oxygen atoms in total. The number of hydrogen-bond donors (Lipinski definition) is 0. The third-order valence-electron chi connectivity index (χ3n) is 4.21. The summed E-state index contributed by atoms with van der Waals surface area (Å²) in [5, 5.41) is -0.174. The van der Waals surface area contributed by atoms with Crippen LogP contribution in [0.1, 0.15) is 38.4 Å². The van der Waals surface area contributed by atoms with Gasteiger partial charge in [0.25, 0.3) is 0 Å². The van der Waals surface area contributed by atoms with Gasteiger partial charge in [-0.3, -0.25) is 0 Å². The van der Waals surface area contributed by atoms with Crippen LogP contribution in [0.15, 0.2) is 16.7 Å². The molecule has 108 valence electrons. The van der Waals surface area contributed by atoms with E-state index in [1.807, 2.05) is 13.0 Å². The molecule has 20 heavy (non-hydrogen) atoms. The van der Waals surface area contributed by atoms with E-state index < -0.39 is 0 Å². The van der Waals surface area contributed by atoms with Crippen molar-refractivity contribution in [3.8, 4) is 0 Å². The second-order valence-corrected chi connectivity index (χ2v) is 7.11. The molecule has 3 atom stereocenters. The summed E-state index contributed by atoms with van der Waals surface area (Å²) in [6.07, 6.45) is 2.85. The van der Waals surface area contributed by atoms with Crippen LogP contribution in [0.5, 0.6) is 0 Å². The second kappa shape index (κ2) is 4.97. The Morgan fingerprint density at radius 2 is 2.35 bits per heavy atom. The fraction of sp³-hybridized carbons (Fsp3) is 0.571. The van der Waals surface area contributed by atoms with Gasteiger partial charge in [-0.15, -0.1) is 11.6 Å². The van der Waals surface area contributed by atoms with E-state index in [0.717, 1.165) is 34.5 Å². The van der Waals surface area contributed by atoms with E-state index in [0.29, 0.717) is 0 Å². The molecule has 6 heteroatoms. The van der Waals surface area contributed by atoms with E-state index in [2.05, 4.69) is 44.3 Å². The summed E-state index contributed by atoms with van der Waals surface area (Å²) < 4.78 is 8.86. The summed E-state index contributed by atoms with van der Waals surface area (Å²) in [7, 11) is 0. The smallest absolute Gasteiger partial charge is 0.160 e. The van der Waals surface area contributed by atoms with Crippen LogP contribution in [-0.4, -0.2) is 27.2 Å². The molecule has 3 rings (SSSR count). The normalized spacial score (nSPS) is 28.1. The predicted molar refractivity (Wildman–Crippen MR) is 83.2 cm³/mol. The van der Waals surface area contributed by atoms with Crippen LogP contribution in [0.3, 0.4) is 0 Å². The van der Waals surface area contributed by atoms with Crippen LogP contribution < -0.4 is 0 Å². The highest BCUT2D eigenvalue weighted by atomic mass is 79.9. The highest BCUT2D eigenvalue weighted by Gasteiger charge is 2.42. The molecule has 0 aliphatic carbocycles. The average Bonchev–Trinajstić information content (AvgIpc) is 2.91. The zero-order valence-electron chi connectivity index (χ0n) is 11.7. The molecule has 0 amide bonds. The second-order valence-electron chi connectivity index (χ2n) is 5.54. The standard InChI is InChI=1S/C14H17BrClN3O/c1-8(16)12-18-11-6-10(15)7-17-13(11)19(12)14(3)4-5-20-9(14)2/h6-9H,4-5H2,1-3H3. The van der Waals surface area contributed by atoms with E-state index in [-0.39, 0.29) is 17.0 Å². The number of fused-ring (bicyclic) bond motifs is 1. The first-order valence-electron chi connectivity index (χ1n) is 6.73. The van der Waals surface area contributed by atoms with Gasteiger partial charge in [-0.1, -0.05) is 0 Å². The van der Waals surface area contributed by atoms with E-state index in [1.54, 1.807) is 6.20 Å². The quantitative estimate of drug-likeness (QED) is 0.761. The van der Waals surface area contributed by atoms with Crippen LogP contribution in [0, 0.1) is 0 Å². The van der Waals surface area contributed by atoms with Gasteiger partial charge in [0.1, 0.15) is 11.3 Å². The Bertz CT molecular complexity index is 657. The van der Waals surface area contributed by atoms with E-state index in [9.17, 15) is 0 Å². The van der Waals surface area contributed by atoms with Gasteiger partial charge in [0.15, 0.2) is 5.65 Å². The number of nitrogens with zero attached hydrogens (tertiary/aromatic N) is 3. The van der Waals surface area contributed by atoms with Gasteiger partial charge >= 0.3 is 0 Å². The van der Waals surface area contributed by atoms with Crippen molar-refractivity contribution >= 4 is 38.7 Å². The maximum Gasteiger partial charge on any atom is 0.160 e. The molecule has 0 aromatic carbocycles. The number of halogens is 2. The molecule has 3 unspecified atom stereocenters. The minimum atomic E-state index is -0.174. The molecular weight excluding hydrogens is 342 g/mol. The van der Waals surface area contributed by atoms with Crippen molar-refractivity contribution in [2.24, 2.45) is 0 Å². The summed E-state index contributed by atoms with van der Waals surface area (Å²) >= 11 is 9.79. The van der Waals surface area contributed by atoms with Crippen LogP contribution in [0.2, 0.25) is 0 Å². The maximum atomic E-state index is 6.34. The van der Waals surface area contributed by atoms with Crippen LogP contribution >= 0.6 is 27.5 Å². The monoisotopic (exact) mass is 357 g/mol. The molecule has 0 N–H and O–H groups in total. The Balaban J connectivity index is 2.29. The molecule has 1 aliphatic heterocycles. The van der Waals surface area contributed by atoms with Crippen molar-refractivity contribution in [1.82, 2.24) is 14.5 Å². The number of aromatic nitrogens is 3. The van der Waals surface area contributed by atoms with Crippen LogP contribution in [0.25, 0.3) is 11.2 Å². The first-order valence-corrected chi connectivity index (χ1v) is 7.96. The van der Waals surface area contributed by atoms with Gasteiger partial charge < -0.3 is 9.30 Å². The zero-order chi connectivity index (χ0) is 14.5. The van der Waals surface area contributed by atoms with Crippen molar-refractivity contribution in [3.63, 3.8) is 0 Å².